The lowest BCUT2D eigenvalue weighted by Gasteiger charge is -2.21. The molecule has 0 heterocycles. The maximum Gasteiger partial charge on any atom is 0.249 e. The van der Waals surface area contributed by atoms with Crippen LogP contribution in [0.2, 0.25) is 0 Å². The summed E-state index contributed by atoms with van der Waals surface area (Å²) in [6.07, 6.45) is 32.2. The van der Waals surface area contributed by atoms with Gasteiger partial charge in [0.15, 0.2) is 0 Å². The van der Waals surface area contributed by atoms with E-state index in [1.165, 1.54) is 122 Å². The third-order valence-electron chi connectivity index (χ3n) is 7.88. The number of hydrogen-bond donors (Lipinski definition) is 4. The zero-order valence-electron chi connectivity index (χ0n) is 26.0. The molecule has 0 fully saturated rings. The number of unbranched alkanes of at least 4 members (excludes halogenated alkanes) is 22. The summed E-state index contributed by atoms with van der Waals surface area (Å²) in [5.41, 5.74) is 0. The van der Waals surface area contributed by atoms with Gasteiger partial charge in [0.2, 0.25) is 5.91 Å². The summed E-state index contributed by atoms with van der Waals surface area (Å²) in [4.78, 5) is 12.3. The van der Waals surface area contributed by atoms with Crippen molar-refractivity contribution >= 4 is 5.91 Å². The Hall–Kier alpha value is -0.910. The van der Waals surface area contributed by atoms with Gasteiger partial charge in [-0.25, -0.2) is 0 Å². The molecule has 0 aliphatic heterocycles. The standard InChI is InChI=1S/C34H67NO4/c1-3-5-7-9-11-13-15-17-19-20-22-24-26-28-32(37)31(30-36)35-34(39)33(38)29-27-25-23-21-18-16-14-12-10-8-6-4-2/h26,28,31-33,36-38H,3-25,27,29-30H2,1-2H3,(H,35,39)/b28-26+/t31-,32+,33?/m0/s1. The fourth-order valence-corrected chi connectivity index (χ4v) is 5.12. The van der Waals surface area contributed by atoms with Gasteiger partial charge in [-0.2, -0.15) is 0 Å². The topological polar surface area (TPSA) is 89.8 Å². The molecule has 0 aliphatic carbocycles. The molecule has 0 spiro atoms. The van der Waals surface area contributed by atoms with E-state index in [1.807, 2.05) is 6.08 Å². The molecule has 39 heavy (non-hydrogen) atoms. The molecule has 5 nitrogen and oxygen atoms in total. The number of nitrogens with one attached hydrogen (secondary N) is 1. The van der Waals surface area contributed by atoms with E-state index in [9.17, 15) is 20.1 Å². The Morgan fingerprint density at radius 1 is 0.615 bits per heavy atom. The van der Waals surface area contributed by atoms with Crippen LogP contribution in [-0.4, -0.2) is 46.1 Å². The molecule has 1 unspecified atom stereocenters. The lowest BCUT2D eigenvalue weighted by Crippen LogP contribution is -2.48. The van der Waals surface area contributed by atoms with Gasteiger partial charge in [-0.3, -0.25) is 4.79 Å². The minimum atomic E-state index is -1.09. The van der Waals surface area contributed by atoms with Crippen molar-refractivity contribution in [2.45, 2.75) is 193 Å². The van der Waals surface area contributed by atoms with Crippen LogP contribution in [-0.2, 0) is 4.79 Å². The van der Waals surface area contributed by atoms with Crippen LogP contribution in [0.4, 0.5) is 0 Å². The monoisotopic (exact) mass is 554 g/mol. The highest BCUT2D eigenvalue weighted by atomic mass is 16.3. The van der Waals surface area contributed by atoms with E-state index in [-0.39, 0.29) is 6.61 Å². The number of carbonyl (C=O) groups excluding carboxylic acids is 1. The van der Waals surface area contributed by atoms with E-state index >= 15 is 0 Å². The van der Waals surface area contributed by atoms with E-state index in [4.69, 9.17) is 0 Å². The summed E-state index contributed by atoms with van der Waals surface area (Å²) in [5.74, 6) is -0.505. The van der Waals surface area contributed by atoms with Crippen molar-refractivity contribution in [3.05, 3.63) is 12.2 Å². The molecule has 1 amide bonds. The number of aliphatic hydroxyl groups excluding tert-OH is 3. The number of allylic oxidation sites excluding steroid dienone is 1. The van der Waals surface area contributed by atoms with E-state index in [0.717, 1.165) is 32.1 Å². The number of rotatable bonds is 30. The molecular weight excluding hydrogens is 486 g/mol. The van der Waals surface area contributed by atoms with Crippen molar-refractivity contribution in [2.24, 2.45) is 0 Å². The van der Waals surface area contributed by atoms with E-state index < -0.39 is 24.2 Å². The third-order valence-corrected chi connectivity index (χ3v) is 7.88. The minimum Gasteiger partial charge on any atom is -0.394 e. The second-order valence-electron chi connectivity index (χ2n) is 11.7. The molecule has 232 valence electrons. The van der Waals surface area contributed by atoms with Crippen LogP contribution in [0.25, 0.3) is 0 Å². The zero-order valence-corrected chi connectivity index (χ0v) is 26.0. The summed E-state index contributed by atoms with van der Waals surface area (Å²) >= 11 is 0. The third kappa shape index (κ3) is 25.8. The highest BCUT2D eigenvalue weighted by molar-refractivity contribution is 5.80. The van der Waals surface area contributed by atoms with Gasteiger partial charge in [0.05, 0.1) is 18.8 Å². The molecule has 0 aliphatic rings. The van der Waals surface area contributed by atoms with Gasteiger partial charge in [0, 0.05) is 0 Å². The molecule has 0 aromatic rings. The molecule has 0 bridgehead atoms. The van der Waals surface area contributed by atoms with Crippen LogP contribution >= 0.6 is 0 Å². The quantitative estimate of drug-likeness (QED) is 0.0530. The summed E-state index contributed by atoms with van der Waals surface area (Å²) in [6, 6.07) is -0.789. The lowest BCUT2D eigenvalue weighted by molar-refractivity contribution is -0.131. The average Bonchev–Trinajstić information content (AvgIpc) is 2.94. The minimum absolute atomic E-state index is 0.360. The largest absolute Gasteiger partial charge is 0.394 e. The second kappa shape index (κ2) is 30.1. The highest BCUT2D eigenvalue weighted by Gasteiger charge is 2.22. The van der Waals surface area contributed by atoms with Crippen molar-refractivity contribution < 1.29 is 20.1 Å². The first kappa shape index (κ1) is 38.1. The summed E-state index contributed by atoms with van der Waals surface area (Å²) in [7, 11) is 0. The number of amides is 1. The molecule has 3 atom stereocenters. The van der Waals surface area contributed by atoms with Gasteiger partial charge >= 0.3 is 0 Å². The summed E-state index contributed by atoms with van der Waals surface area (Å²) < 4.78 is 0. The molecule has 4 N–H and O–H groups in total. The van der Waals surface area contributed by atoms with Gasteiger partial charge in [0.25, 0.3) is 0 Å². The first-order valence-corrected chi connectivity index (χ1v) is 17.0. The fraction of sp³-hybridized carbons (Fsp3) is 0.912. The molecule has 0 aromatic heterocycles. The fourth-order valence-electron chi connectivity index (χ4n) is 5.12. The highest BCUT2D eigenvalue weighted by Crippen LogP contribution is 2.14. The Labute approximate surface area is 242 Å². The Bertz CT molecular complexity index is 539. The number of aliphatic hydroxyl groups is 3. The van der Waals surface area contributed by atoms with Gasteiger partial charge < -0.3 is 20.6 Å². The molecule has 0 aromatic carbocycles. The molecule has 0 saturated carbocycles. The first-order valence-electron chi connectivity index (χ1n) is 17.0. The van der Waals surface area contributed by atoms with Crippen LogP contribution in [0.1, 0.15) is 174 Å². The van der Waals surface area contributed by atoms with Crippen LogP contribution in [0, 0.1) is 0 Å². The normalized spacial score (nSPS) is 14.1. The Kier molecular flexibility index (Phi) is 29.4. The Balaban J connectivity index is 3.78. The average molecular weight is 554 g/mol. The van der Waals surface area contributed by atoms with Gasteiger partial charge in [-0.15, -0.1) is 0 Å². The van der Waals surface area contributed by atoms with Crippen molar-refractivity contribution in [3.63, 3.8) is 0 Å². The summed E-state index contributed by atoms with van der Waals surface area (Å²) in [6.45, 7) is 4.15. The van der Waals surface area contributed by atoms with Crippen molar-refractivity contribution in [1.82, 2.24) is 5.32 Å². The molecule has 5 heteroatoms. The van der Waals surface area contributed by atoms with Crippen LogP contribution in [0.3, 0.4) is 0 Å². The number of carbonyl (C=O) groups is 1. The van der Waals surface area contributed by atoms with Crippen molar-refractivity contribution in [3.8, 4) is 0 Å². The van der Waals surface area contributed by atoms with E-state index in [0.29, 0.717) is 6.42 Å². The van der Waals surface area contributed by atoms with Gasteiger partial charge in [0.1, 0.15) is 6.10 Å². The van der Waals surface area contributed by atoms with Crippen LogP contribution < -0.4 is 5.32 Å². The lowest BCUT2D eigenvalue weighted by atomic mass is 10.0. The predicted molar refractivity (Wildman–Crippen MR) is 167 cm³/mol. The molecule has 0 rings (SSSR count). The van der Waals surface area contributed by atoms with Gasteiger partial charge in [-0.05, 0) is 19.3 Å². The van der Waals surface area contributed by atoms with Crippen molar-refractivity contribution in [2.75, 3.05) is 6.61 Å². The molecule has 0 saturated heterocycles. The SMILES string of the molecule is CCCCCCCCCCCCC/C=C/[C@@H](O)[C@H](CO)NC(=O)C(O)CCCCCCCCCCCCCC. The smallest absolute Gasteiger partial charge is 0.249 e. The van der Waals surface area contributed by atoms with Crippen LogP contribution in [0.5, 0.6) is 0 Å². The summed E-state index contributed by atoms with van der Waals surface area (Å²) in [5, 5.41) is 32.8. The van der Waals surface area contributed by atoms with E-state index in [2.05, 4.69) is 19.2 Å². The van der Waals surface area contributed by atoms with Crippen molar-refractivity contribution in [1.29, 1.82) is 0 Å². The zero-order chi connectivity index (χ0) is 28.8. The maximum absolute atomic E-state index is 12.3. The Morgan fingerprint density at radius 3 is 1.41 bits per heavy atom. The maximum atomic E-state index is 12.3. The molecule has 0 radical (unpaired) electrons. The second-order valence-corrected chi connectivity index (χ2v) is 11.7. The number of hydrogen-bond acceptors (Lipinski definition) is 4. The van der Waals surface area contributed by atoms with Crippen LogP contribution in [0.15, 0.2) is 12.2 Å². The first-order chi connectivity index (χ1) is 19.1. The van der Waals surface area contributed by atoms with E-state index in [1.54, 1.807) is 6.08 Å². The van der Waals surface area contributed by atoms with Gasteiger partial charge in [-0.1, -0.05) is 167 Å². The molecular formula is C34H67NO4. The predicted octanol–water partition coefficient (Wildman–Crippen LogP) is 8.53. The Morgan fingerprint density at radius 2 is 1.00 bits per heavy atom.